The van der Waals surface area contributed by atoms with Crippen molar-refractivity contribution in [3.05, 3.63) is 67.9 Å². The Hall–Kier alpha value is -0.610. The van der Waals surface area contributed by atoms with Crippen LogP contribution in [0.4, 0.5) is 4.39 Å². The molecule has 0 saturated carbocycles. The van der Waals surface area contributed by atoms with Crippen LogP contribution in [0.2, 0.25) is 10.0 Å². The number of aliphatic hydroxyl groups excluding tert-OH is 1. The Morgan fingerprint density at radius 1 is 1.06 bits per heavy atom. The molecule has 0 aliphatic heterocycles. The summed E-state index contributed by atoms with van der Waals surface area (Å²) >= 11 is 15.0. The average molecular weight is 350 g/mol. The fourth-order valence-corrected chi connectivity index (χ4v) is 2.34. The van der Waals surface area contributed by atoms with Crippen LogP contribution in [0.1, 0.15) is 17.2 Å². The molecule has 0 radical (unpaired) electrons. The third-order valence-electron chi connectivity index (χ3n) is 2.53. The van der Waals surface area contributed by atoms with E-state index < -0.39 is 11.9 Å². The number of benzene rings is 2. The highest BCUT2D eigenvalue weighted by Gasteiger charge is 2.19. The predicted octanol–water partition coefficient (Wildman–Crippen LogP) is 4.98. The van der Waals surface area contributed by atoms with Gasteiger partial charge in [-0.3, -0.25) is 0 Å². The number of halogens is 4. The minimum absolute atomic E-state index is 0.0938. The van der Waals surface area contributed by atoms with Gasteiger partial charge >= 0.3 is 0 Å². The molecule has 0 aromatic heterocycles. The van der Waals surface area contributed by atoms with Gasteiger partial charge in [-0.1, -0.05) is 41.4 Å². The first-order valence-electron chi connectivity index (χ1n) is 5.07. The minimum Gasteiger partial charge on any atom is -0.383 e. The summed E-state index contributed by atoms with van der Waals surface area (Å²) in [7, 11) is 0. The first kappa shape index (κ1) is 13.8. The highest BCUT2D eigenvalue weighted by atomic mass is 79.9. The molecule has 0 fully saturated rings. The lowest BCUT2D eigenvalue weighted by molar-refractivity contribution is 0.215. The molecule has 18 heavy (non-hydrogen) atoms. The SMILES string of the molecule is OC(c1cc(Cl)c(Br)cc1F)c1ccccc1Cl. The third kappa shape index (κ3) is 2.69. The number of hydrogen-bond acceptors (Lipinski definition) is 1. The van der Waals surface area contributed by atoms with Crippen molar-refractivity contribution in [1.82, 2.24) is 0 Å². The second-order valence-electron chi connectivity index (χ2n) is 3.71. The van der Waals surface area contributed by atoms with Crippen molar-refractivity contribution >= 4 is 39.1 Å². The third-order valence-corrected chi connectivity index (χ3v) is 4.08. The number of hydrogen-bond donors (Lipinski definition) is 1. The summed E-state index contributed by atoms with van der Waals surface area (Å²) in [5, 5.41) is 10.9. The Balaban J connectivity index is 2.50. The van der Waals surface area contributed by atoms with Crippen molar-refractivity contribution < 1.29 is 9.50 Å². The molecule has 2 rings (SSSR count). The van der Waals surface area contributed by atoms with Crippen molar-refractivity contribution in [3.8, 4) is 0 Å². The Labute approximate surface area is 122 Å². The Morgan fingerprint density at radius 2 is 1.72 bits per heavy atom. The molecular weight excluding hydrogens is 342 g/mol. The van der Waals surface area contributed by atoms with Crippen LogP contribution < -0.4 is 0 Å². The van der Waals surface area contributed by atoms with Crippen molar-refractivity contribution in [2.75, 3.05) is 0 Å². The largest absolute Gasteiger partial charge is 0.383 e. The topological polar surface area (TPSA) is 20.2 Å². The van der Waals surface area contributed by atoms with E-state index in [1.54, 1.807) is 24.3 Å². The molecule has 0 heterocycles. The monoisotopic (exact) mass is 348 g/mol. The molecule has 2 aromatic rings. The molecule has 0 saturated heterocycles. The van der Waals surface area contributed by atoms with E-state index in [0.29, 0.717) is 20.1 Å². The maximum Gasteiger partial charge on any atom is 0.130 e. The van der Waals surface area contributed by atoms with Gasteiger partial charge in [0, 0.05) is 20.6 Å². The summed E-state index contributed by atoms with van der Waals surface area (Å²) < 4.78 is 14.2. The van der Waals surface area contributed by atoms with Gasteiger partial charge in [0.25, 0.3) is 0 Å². The zero-order chi connectivity index (χ0) is 13.3. The van der Waals surface area contributed by atoms with Gasteiger partial charge in [-0.25, -0.2) is 4.39 Å². The Morgan fingerprint density at radius 3 is 2.39 bits per heavy atom. The van der Waals surface area contributed by atoms with E-state index in [4.69, 9.17) is 23.2 Å². The molecular formula is C13H8BrCl2FO. The zero-order valence-electron chi connectivity index (χ0n) is 9.00. The van der Waals surface area contributed by atoms with Crippen LogP contribution in [0.15, 0.2) is 40.9 Å². The summed E-state index contributed by atoms with van der Waals surface area (Å²) in [6.07, 6.45) is -1.15. The van der Waals surface area contributed by atoms with Crippen LogP contribution in [-0.2, 0) is 0 Å². The summed E-state index contributed by atoms with van der Waals surface area (Å²) in [6, 6.07) is 9.35. The van der Waals surface area contributed by atoms with E-state index >= 15 is 0 Å². The first-order valence-corrected chi connectivity index (χ1v) is 6.62. The standard InChI is InChI=1S/C13H8BrCl2FO/c14-9-6-12(17)8(5-11(9)16)13(18)7-3-1-2-4-10(7)15/h1-6,13,18H. The van der Waals surface area contributed by atoms with Gasteiger partial charge < -0.3 is 5.11 Å². The van der Waals surface area contributed by atoms with E-state index in [1.165, 1.54) is 12.1 Å². The van der Waals surface area contributed by atoms with Crippen molar-refractivity contribution in [2.45, 2.75) is 6.10 Å². The lowest BCUT2D eigenvalue weighted by Crippen LogP contribution is -2.03. The van der Waals surface area contributed by atoms with E-state index in [2.05, 4.69) is 15.9 Å². The summed E-state index contributed by atoms with van der Waals surface area (Å²) in [5.41, 5.74) is 0.535. The highest BCUT2D eigenvalue weighted by Crippen LogP contribution is 2.33. The van der Waals surface area contributed by atoms with Gasteiger partial charge in [-0.15, -0.1) is 0 Å². The quantitative estimate of drug-likeness (QED) is 0.758. The second-order valence-corrected chi connectivity index (χ2v) is 5.38. The summed E-state index contributed by atoms with van der Waals surface area (Å²) in [6.45, 7) is 0. The van der Waals surface area contributed by atoms with E-state index in [0.717, 1.165) is 0 Å². The van der Waals surface area contributed by atoms with Crippen LogP contribution in [0.3, 0.4) is 0 Å². The van der Waals surface area contributed by atoms with Crippen LogP contribution in [0, 0.1) is 5.82 Å². The minimum atomic E-state index is -1.15. The van der Waals surface area contributed by atoms with E-state index in [9.17, 15) is 9.50 Å². The van der Waals surface area contributed by atoms with Crippen molar-refractivity contribution in [3.63, 3.8) is 0 Å². The van der Waals surface area contributed by atoms with Crippen molar-refractivity contribution in [2.24, 2.45) is 0 Å². The number of aliphatic hydroxyl groups is 1. The Bertz CT molecular complexity index is 589. The fourth-order valence-electron chi connectivity index (χ4n) is 1.61. The molecule has 94 valence electrons. The molecule has 1 unspecified atom stereocenters. The molecule has 1 nitrogen and oxygen atoms in total. The van der Waals surface area contributed by atoms with Gasteiger partial charge in [0.15, 0.2) is 0 Å². The van der Waals surface area contributed by atoms with Gasteiger partial charge in [0.05, 0.1) is 5.02 Å². The lowest BCUT2D eigenvalue weighted by atomic mass is 10.0. The first-order chi connectivity index (χ1) is 8.50. The fraction of sp³-hybridized carbons (Fsp3) is 0.0769. The van der Waals surface area contributed by atoms with E-state index in [-0.39, 0.29) is 5.56 Å². The second kappa shape index (κ2) is 5.57. The normalized spacial score (nSPS) is 12.5. The summed E-state index contributed by atoms with van der Waals surface area (Å²) in [4.78, 5) is 0. The Kier molecular flexibility index (Phi) is 4.28. The molecule has 0 amide bonds. The maximum atomic E-state index is 13.8. The number of rotatable bonds is 2. The van der Waals surface area contributed by atoms with Gasteiger partial charge in [-0.2, -0.15) is 0 Å². The molecule has 5 heteroatoms. The van der Waals surface area contributed by atoms with Crippen LogP contribution in [0.5, 0.6) is 0 Å². The summed E-state index contributed by atoms with van der Waals surface area (Å²) in [5.74, 6) is -0.543. The predicted molar refractivity (Wildman–Crippen MR) is 74.6 cm³/mol. The van der Waals surface area contributed by atoms with Gasteiger partial charge in [-0.05, 0) is 34.1 Å². The average Bonchev–Trinajstić information content (AvgIpc) is 2.33. The lowest BCUT2D eigenvalue weighted by Gasteiger charge is -2.14. The smallest absolute Gasteiger partial charge is 0.130 e. The molecule has 0 bridgehead atoms. The maximum absolute atomic E-state index is 13.8. The zero-order valence-corrected chi connectivity index (χ0v) is 12.1. The highest BCUT2D eigenvalue weighted by molar-refractivity contribution is 9.10. The van der Waals surface area contributed by atoms with Crippen LogP contribution in [-0.4, -0.2) is 5.11 Å². The molecule has 2 aromatic carbocycles. The molecule has 1 N–H and O–H groups in total. The van der Waals surface area contributed by atoms with E-state index in [1.807, 2.05) is 0 Å². The van der Waals surface area contributed by atoms with Gasteiger partial charge in [0.1, 0.15) is 11.9 Å². The molecule has 0 aliphatic carbocycles. The molecule has 0 aliphatic rings. The molecule has 1 atom stereocenters. The van der Waals surface area contributed by atoms with Crippen LogP contribution in [0.25, 0.3) is 0 Å². The van der Waals surface area contributed by atoms with Gasteiger partial charge in [0.2, 0.25) is 0 Å². The molecule has 0 spiro atoms. The van der Waals surface area contributed by atoms with Crippen LogP contribution >= 0.6 is 39.1 Å². The van der Waals surface area contributed by atoms with Crippen molar-refractivity contribution in [1.29, 1.82) is 0 Å².